The molecule has 0 bridgehead atoms. The Morgan fingerprint density at radius 2 is 2.26 bits per heavy atom. The summed E-state index contributed by atoms with van der Waals surface area (Å²) in [5.74, 6) is 1.13. The van der Waals surface area contributed by atoms with E-state index in [0.717, 1.165) is 24.0 Å². The molecular weight excluding hydrogens is 280 g/mol. The second-order valence-electron chi connectivity index (χ2n) is 4.73. The average molecular weight is 300 g/mol. The number of nitrogens with two attached hydrogens (primary N) is 1. The molecule has 0 aliphatic carbocycles. The summed E-state index contributed by atoms with van der Waals surface area (Å²) in [5, 5.41) is 3.83. The van der Waals surface area contributed by atoms with E-state index < -0.39 is 0 Å². The molecule has 0 aromatic carbocycles. The number of thioether (sulfide) groups is 1. The molecule has 0 spiro atoms. The molecule has 1 saturated heterocycles. The molecular formula is C12H20N4OS2. The molecule has 1 aromatic rings. The second kappa shape index (κ2) is 6.47. The first-order chi connectivity index (χ1) is 9.11. The summed E-state index contributed by atoms with van der Waals surface area (Å²) in [4.78, 5) is 19.2. The smallest absolute Gasteiger partial charge is 0.265 e. The molecule has 7 heteroatoms. The van der Waals surface area contributed by atoms with Crippen molar-refractivity contribution in [2.24, 2.45) is 0 Å². The summed E-state index contributed by atoms with van der Waals surface area (Å²) in [7, 11) is 0. The molecule has 2 rings (SSSR count). The van der Waals surface area contributed by atoms with E-state index in [-0.39, 0.29) is 11.9 Å². The molecule has 106 valence electrons. The fourth-order valence-electron chi connectivity index (χ4n) is 2.11. The first-order valence-corrected chi connectivity index (χ1v) is 8.64. The van der Waals surface area contributed by atoms with E-state index in [1.165, 1.54) is 24.2 Å². The number of nitrogens with one attached hydrogen (secondary N) is 1. The number of hydrogen-bond acceptors (Lipinski definition) is 6. The minimum atomic E-state index is -0.109. The van der Waals surface area contributed by atoms with Crippen LogP contribution in [0.4, 0.5) is 10.9 Å². The van der Waals surface area contributed by atoms with E-state index in [4.69, 9.17) is 5.73 Å². The Hall–Kier alpha value is -0.950. The predicted octanol–water partition coefficient (Wildman–Crippen LogP) is 1.81. The van der Waals surface area contributed by atoms with Crippen molar-refractivity contribution in [2.75, 3.05) is 35.7 Å². The van der Waals surface area contributed by atoms with Crippen LogP contribution in [-0.2, 0) is 0 Å². The first-order valence-electron chi connectivity index (χ1n) is 6.43. The Morgan fingerprint density at radius 3 is 2.89 bits per heavy atom. The summed E-state index contributed by atoms with van der Waals surface area (Å²) in [6, 6.07) is 0.138. The largest absolute Gasteiger partial charge is 0.382 e. The highest BCUT2D eigenvalue weighted by Crippen LogP contribution is 2.30. The van der Waals surface area contributed by atoms with Crippen LogP contribution in [0.2, 0.25) is 0 Å². The first kappa shape index (κ1) is 14.5. The number of carbonyl (C=O) groups is 1. The van der Waals surface area contributed by atoms with E-state index in [9.17, 15) is 4.79 Å². The zero-order chi connectivity index (χ0) is 13.8. The lowest BCUT2D eigenvalue weighted by atomic mass is 10.3. The molecule has 1 amide bonds. The number of hydrogen-bond donors (Lipinski definition) is 2. The Kier molecular flexibility index (Phi) is 4.93. The van der Waals surface area contributed by atoms with Gasteiger partial charge in [0.25, 0.3) is 5.91 Å². The van der Waals surface area contributed by atoms with Gasteiger partial charge in [-0.2, -0.15) is 11.8 Å². The van der Waals surface area contributed by atoms with Crippen LogP contribution in [0.3, 0.4) is 0 Å². The standard InChI is InChI=1S/C12H20N4OS2/c1-8(7-18-2)14-11(17)9-10(13)15-12(19-9)16-5-3-4-6-16/h8H,3-7,13H2,1-2H3,(H,14,17). The maximum Gasteiger partial charge on any atom is 0.265 e. The number of rotatable bonds is 5. The molecule has 1 unspecified atom stereocenters. The van der Waals surface area contributed by atoms with E-state index in [2.05, 4.69) is 15.2 Å². The lowest BCUT2D eigenvalue weighted by Gasteiger charge is -2.12. The fraction of sp³-hybridized carbons (Fsp3) is 0.667. The van der Waals surface area contributed by atoms with Crippen LogP contribution in [0.25, 0.3) is 0 Å². The van der Waals surface area contributed by atoms with Gasteiger partial charge in [-0.3, -0.25) is 4.79 Å². The highest BCUT2D eigenvalue weighted by Gasteiger charge is 2.22. The summed E-state index contributed by atoms with van der Waals surface area (Å²) >= 11 is 3.11. The van der Waals surface area contributed by atoms with Crippen LogP contribution in [0, 0.1) is 0 Å². The van der Waals surface area contributed by atoms with Crippen LogP contribution in [0.5, 0.6) is 0 Å². The van der Waals surface area contributed by atoms with Crippen molar-refractivity contribution >= 4 is 40.0 Å². The van der Waals surface area contributed by atoms with Crippen molar-refractivity contribution in [1.82, 2.24) is 10.3 Å². The van der Waals surface area contributed by atoms with E-state index in [0.29, 0.717) is 10.7 Å². The van der Waals surface area contributed by atoms with Crippen molar-refractivity contribution in [1.29, 1.82) is 0 Å². The molecule has 0 radical (unpaired) electrons. The van der Waals surface area contributed by atoms with Gasteiger partial charge in [0, 0.05) is 24.9 Å². The van der Waals surface area contributed by atoms with Gasteiger partial charge in [-0.25, -0.2) is 4.98 Å². The molecule has 0 saturated carbocycles. The third kappa shape index (κ3) is 3.54. The van der Waals surface area contributed by atoms with Gasteiger partial charge < -0.3 is 16.0 Å². The number of thiazole rings is 1. The third-order valence-corrected chi connectivity index (χ3v) is 4.98. The number of amides is 1. The van der Waals surface area contributed by atoms with Crippen LogP contribution in [0.15, 0.2) is 0 Å². The number of carbonyl (C=O) groups excluding carboxylic acids is 1. The molecule has 3 N–H and O–H groups in total. The summed E-state index contributed by atoms with van der Waals surface area (Å²) < 4.78 is 0. The Morgan fingerprint density at radius 1 is 1.58 bits per heavy atom. The maximum atomic E-state index is 12.1. The molecule has 1 aliphatic heterocycles. The van der Waals surface area contributed by atoms with Crippen molar-refractivity contribution < 1.29 is 4.79 Å². The predicted molar refractivity (Wildman–Crippen MR) is 83.3 cm³/mol. The summed E-state index contributed by atoms with van der Waals surface area (Å²) in [6.45, 7) is 4.01. The lowest BCUT2D eigenvalue weighted by Crippen LogP contribution is -2.34. The normalized spacial score (nSPS) is 16.6. The second-order valence-corrected chi connectivity index (χ2v) is 6.62. The van der Waals surface area contributed by atoms with Gasteiger partial charge >= 0.3 is 0 Å². The zero-order valence-corrected chi connectivity index (χ0v) is 12.9. The van der Waals surface area contributed by atoms with Gasteiger partial charge in [0.05, 0.1) is 0 Å². The molecule has 2 heterocycles. The van der Waals surface area contributed by atoms with Crippen molar-refractivity contribution in [2.45, 2.75) is 25.8 Å². The topological polar surface area (TPSA) is 71.2 Å². The maximum absolute atomic E-state index is 12.1. The van der Waals surface area contributed by atoms with Crippen molar-refractivity contribution in [3.05, 3.63) is 4.88 Å². The van der Waals surface area contributed by atoms with Gasteiger partial charge in [0.15, 0.2) is 5.13 Å². The summed E-state index contributed by atoms with van der Waals surface area (Å²) in [5.41, 5.74) is 5.87. The van der Waals surface area contributed by atoms with Gasteiger partial charge in [0.2, 0.25) is 0 Å². The monoisotopic (exact) mass is 300 g/mol. The fourth-order valence-corrected chi connectivity index (χ4v) is 3.63. The molecule has 1 aromatic heterocycles. The van der Waals surface area contributed by atoms with Gasteiger partial charge in [-0.05, 0) is 26.0 Å². The number of nitrogen functional groups attached to an aromatic ring is 1. The quantitative estimate of drug-likeness (QED) is 0.868. The van der Waals surface area contributed by atoms with Crippen LogP contribution in [-0.4, -0.2) is 42.0 Å². The van der Waals surface area contributed by atoms with E-state index >= 15 is 0 Å². The van der Waals surface area contributed by atoms with E-state index in [1.807, 2.05) is 13.2 Å². The third-order valence-electron chi connectivity index (χ3n) is 3.02. The molecule has 1 fully saturated rings. The SMILES string of the molecule is CSCC(C)NC(=O)c1sc(N2CCCC2)nc1N. The van der Waals surface area contributed by atoms with Gasteiger partial charge in [-0.1, -0.05) is 11.3 Å². The molecule has 1 atom stereocenters. The average Bonchev–Trinajstić information content (AvgIpc) is 2.97. The number of nitrogens with zero attached hydrogens (tertiary/aromatic N) is 2. The Labute approximate surface area is 122 Å². The van der Waals surface area contributed by atoms with Crippen molar-refractivity contribution in [3.63, 3.8) is 0 Å². The minimum absolute atomic E-state index is 0.109. The number of anilines is 2. The molecule has 19 heavy (non-hydrogen) atoms. The summed E-state index contributed by atoms with van der Waals surface area (Å²) in [6.07, 6.45) is 4.40. The Bertz CT molecular complexity index is 443. The van der Waals surface area contributed by atoms with Crippen LogP contribution >= 0.6 is 23.1 Å². The highest BCUT2D eigenvalue weighted by molar-refractivity contribution is 7.98. The van der Waals surface area contributed by atoms with Crippen LogP contribution < -0.4 is 16.0 Å². The number of aromatic nitrogens is 1. The highest BCUT2D eigenvalue weighted by atomic mass is 32.2. The van der Waals surface area contributed by atoms with Gasteiger partial charge in [-0.15, -0.1) is 0 Å². The van der Waals surface area contributed by atoms with Gasteiger partial charge in [0.1, 0.15) is 10.7 Å². The minimum Gasteiger partial charge on any atom is -0.382 e. The molecule has 5 nitrogen and oxygen atoms in total. The van der Waals surface area contributed by atoms with E-state index in [1.54, 1.807) is 11.8 Å². The lowest BCUT2D eigenvalue weighted by molar-refractivity contribution is 0.0948. The van der Waals surface area contributed by atoms with Crippen LogP contribution in [0.1, 0.15) is 29.4 Å². The molecule has 1 aliphatic rings. The zero-order valence-electron chi connectivity index (χ0n) is 11.3. The van der Waals surface area contributed by atoms with Crippen molar-refractivity contribution in [3.8, 4) is 0 Å². The Balaban J connectivity index is 2.05.